The number of hydrogen-bond acceptors (Lipinski definition) is 8. The summed E-state index contributed by atoms with van der Waals surface area (Å²) in [5, 5.41) is 23.5. The van der Waals surface area contributed by atoms with E-state index in [9.17, 15) is 27.8 Å². The first-order valence-corrected chi connectivity index (χ1v) is 19.4. The molecule has 0 saturated heterocycles. The van der Waals surface area contributed by atoms with Gasteiger partial charge < -0.3 is 38.6 Å². The lowest BCUT2D eigenvalue weighted by Gasteiger charge is -2.32. The fraction of sp³-hybridized carbons (Fsp3) is 0.250. The van der Waals surface area contributed by atoms with Crippen LogP contribution in [-0.4, -0.2) is 47.8 Å². The maximum atomic E-state index is 15.0. The average Bonchev–Trinajstić information content (AvgIpc) is 3.27. The molecule has 0 aliphatic heterocycles. The van der Waals surface area contributed by atoms with E-state index < -0.39 is 47.7 Å². The quantitative estimate of drug-likeness (QED) is 0.0619. The van der Waals surface area contributed by atoms with Crippen LogP contribution in [-0.2, 0) is 58.6 Å². The van der Waals surface area contributed by atoms with E-state index in [4.69, 9.17) is 28.4 Å². The van der Waals surface area contributed by atoms with Crippen molar-refractivity contribution in [3.63, 3.8) is 0 Å². The Morgan fingerprint density at radius 1 is 0.383 bits per heavy atom. The highest BCUT2D eigenvalue weighted by molar-refractivity contribution is 5.36. The molecule has 0 aliphatic rings. The van der Waals surface area contributed by atoms with E-state index in [2.05, 4.69) is 0 Å². The second-order valence-electron chi connectivity index (χ2n) is 14.0. The summed E-state index contributed by atoms with van der Waals surface area (Å²) in [6.07, 6.45) is -5.73. The Morgan fingerprint density at radius 3 is 1.13 bits per heavy atom. The highest BCUT2D eigenvalue weighted by Crippen LogP contribution is 2.27. The Balaban J connectivity index is 1.16. The zero-order chi connectivity index (χ0) is 42.1. The van der Waals surface area contributed by atoms with Gasteiger partial charge in [-0.1, -0.05) is 109 Å². The minimum absolute atomic E-state index is 0.00374. The molecule has 0 saturated carbocycles. The second kappa shape index (κ2) is 22.7. The van der Waals surface area contributed by atoms with Gasteiger partial charge >= 0.3 is 0 Å². The minimum Gasteiger partial charge on any atom is -0.485 e. The van der Waals surface area contributed by atoms with Gasteiger partial charge in [-0.2, -0.15) is 0 Å². The average molecular weight is 827 g/mol. The van der Waals surface area contributed by atoms with Crippen LogP contribution in [0, 0.1) is 23.3 Å². The first kappa shape index (κ1) is 44.0. The van der Waals surface area contributed by atoms with Crippen molar-refractivity contribution in [3.05, 3.63) is 202 Å². The molecule has 2 N–H and O–H groups in total. The van der Waals surface area contributed by atoms with Gasteiger partial charge in [-0.25, -0.2) is 17.6 Å². The van der Waals surface area contributed by atoms with Crippen molar-refractivity contribution in [3.8, 4) is 11.5 Å². The third-order valence-corrected chi connectivity index (χ3v) is 9.49. The van der Waals surface area contributed by atoms with Gasteiger partial charge in [0, 0.05) is 11.1 Å². The Bertz CT molecular complexity index is 2020. The lowest BCUT2D eigenvalue weighted by Crippen LogP contribution is -2.49. The van der Waals surface area contributed by atoms with E-state index in [1.54, 1.807) is 12.1 Å². The van der Waals surface area contributed by atoms with Crippen LogP contribution in [0.3, 0.4) is 0 Å². The molecule has 8 nitrogen and oxygen atoms in total. The second-order valence-corrected chi connectivity index (χ2v) is 14.0. The van der Waals surface area contributed by atoms with E-state index in [0.29, 0.717) is 22.3 Å². The topological polar surface area (TPSA) is 95.8 Å². The molecule has 0 amide bonds. The third-order valence-electron chi connectivity index (χ3n) is 9.49. The Kier molecular flexibility index (Phi) is 16.6. The van der Waals surface area contributed by atoms with Crippen LogP contribution in [0.25, 0.3) is 0 Å². The summed E-state index contributed by atoms with van der Waals surface area (Å²) in [4.78, 5) is 0. The summed E-state index contributed by atoms with van der Waals surface area (Å²) < 4.78 is 93.2. The first-order valence-electron chi connectivity index (χ1n) is 19.4. The molecule has 6 rings (SSSR count). The van der Waals surface area contributed by atoms with Gasteiger partial charge in [0.1, 0.15) is 49.3 Å². The van der Waals surface area contributed by atoms with Gasteiger partial charge in [0.15, 0.2) is 23.1 Å². The number of ether oxygens (including phenoxy) is 6. The summed E-state index contributed by atoms with van der Waals surface area (Å²) in [6, 6.07) is 38.6. The zero-order valence-electron chi connectivity index (χ0n) is 32.7. The monoisotopic (exact) mass is 826 g/mol. The smallest absolute Gasteiger partial charge is 0.165 e. The molecule has 314 valence electrons. The van der Waals surface area contributed by atoms with E-state index >= 15 is 0 Å². The van der Waals surface area contributed by atoms with Crippen molar-refractivity contribution in [1.29, 1.82) is 0 Å². The van der Waals surface area contributed by atoms with Crippen molar-refractivity contribution in [2.24, 2.45) is 0 Å². The molecule has 0 aromatic heterocycles. The van der Waals surface area contributed by atoms with Crippen LogP contribution >= 0.6 is 0 Å². The molecular formula is C48H46F4O8. The number of hydrogen-bond donors (Lipinski definition) is 2. The van der Waals surface area contributed by atoms with Gasteiger partial charge in [0.05, 0.1) is 39.6 Å². The van der Waals surface area contributed by atoms with Crippen LogP contribution in [0.1, 0.15) is 33.4 Å². The SMILES string of the molecule is O[C@@H]([C@H](O)[C@@H](COCc1cccc(F)c1OCc1ccccc1)OCc1ccc(F)cc1)[C@@H](COCc1cccc(F)c1OCc1ccccc1)OCc1ccc(F)cc1. The van der Waals surface area contributed by atoms with Crippen molar-refractivity contribution < 1.29 is 56.2 Å². The molecule has 0 fully saturated rings. The molecule has 6 aromatic rings. The maximum absolute atomic E-state index is 15.0. The Hall–Kier alpha value is -5.60. The van der Waals surface area contributed by atoms with Crippen LogP contribution in [0.15, 0.2) is 146 Å². The van der Waals surface area contributed by atoms with Gasteiger partial charge in [-0.15, -0.1) is 0 Å². The number of halogens is 4. The number of rotatable bonds is 23. The van der Waals surface area contributed by atoms with E-state index in [1.807, 2.05) is 60.7 Å². The number of para-hydroxylation sites is 2. The van der Waals surface area contributed by atoms with E-state index in [1.165, 1.54) is 72.8 Å². The Labute approximate surface area is 346 Å². The largest absolute Gasteiger partial charge is 0.485 e. The molecule has 0 bridgehead atoms. The van der Waals surface area contributed by atoms with Gasteiger partial charge in [-0.3, -0.25) is 0 Å². The highest BCUT2D eigenvalue weighted by Gasteiger charge is 2.34. The fourth-order valence-electron chi connectivity index (χ4n) is 6.19. The summed E-state index contributed by atoms with van der Waals surface area (Å²) in [7, 11) is 0. The summed E-state index contributed by atoms with van der Waals surface area (Å²) in [5.41, 5.74) is 3.64. The molecule has 0 radical (unpaired) electrons. The maximum Gasteiger partial charge on any atom is 0.165 e. The zero-order valence-corrected chi connectivity index (χ0v) is 32.7. The van der Waals surface area contributed by atoms with Crippen LogP contribution in [0.4, 0.5) is 17.6 Å². The standard InChI is InChI=1S/C48H46F4O8/c49-39-21-17-35(18-22-39)25-57-43(31-55-29-37-13-7-15-41(51)47(37)59-27-33-9-3-1-4-10-33)45(53)46(54)44(58-26-36-19-23-40(50)24-20-36)32-56-30-38-14-8-16-42(52)48(38)60-28-34-11-5-2-6-12-34/h1-24,43-46,53-54H,25-32H2/t43-,44-,45-,46-/m1/s1. The predicted molar refractivity (Wildman–Crippen MR) is 216 cm³/mol. The number of aliphatic hydroxyl groups is 2. The van der Waals surface area contributed by atoms with E-state index in [-0.39, 0.29) is 64.4 Å². The van der Waals surface area contributed by atoms with Crippen molar-refractivity contribution >= 4 is 0 Å². The van der Waals surface area contributed by atoms with Crippen LogP contribution in [0.2, 0.25) is 0 Å². The predicted octanol–water partition coefficient (Wildman–Crippen LogP) is 9.03. The van der Waals surface area contributed by atoms with Gasteiger partial charge in [0.2, 0.25) is 0 Å². The van der Waals surface area contributed by atoms with Gasteiger partial charge in [0.25, 0.3) is 0 Å². The molecule has 4 atom stereocenters. The first-order chi connectivity index (χ1) is 29.2. The lowest BCUT2D eigenvalue weighted by molar-refractivity contribution is -0.170. The summed E-state index contributed by atoms with van der Waals surface area (Å²) in [6.45, 7) is -0.805. The molecule has 60 heavy (non-hydrogen) atoms. The number of benzene rings is 6. The molecule has 6 aromatic carbocycles. The number of aliphatic hydroxyl groups excluding tert-OH is 2. The van der Waals surface area contributed by atoms with Crippen molar-refractivity contribution in [2.45, 2.75) is 64.1 Å². The summed E-state index contributed by atoms with van der Waals surface area (Å²) >= 11 is 0. The molecule has 12 heteroatoms. The van der Waals surface area contributed by atoms with Crippen LogP contribution in [0.5, 0.6) is 11.5 Å². The van der Waals surface area contributed by atoms with Crippen molar-refractivity contribution in [1.82, 2.24) is 0 Å². The molecular weight excluding hydrogens is 781 g/mol. The Morgan fingerprint density at radius 2 is 0.750 bits per heavy atom. The van der Waals surface area contributed by atoms with Crippen LogP contribution < -0.4 is 9.47 Å². The highest BCUT2D eigenvalue weighted by atomic mass is 19.1. The molecule has 0 heterocycles. The third kappa shape index (κ3) is 13.2. The fourth-order valence-corrected chi connectivity index (χ4v) is 6.19. The minimum atomic E-state index is -1.66. The summed E-state index contributed by atoms with van der Waals surface area (Å²) in [5.74, 6) is -2.04. The molecule has 0 aliphatic carbocycles. The molecule has 0 unspecified atom stereocenters. The normalized spacial score (nSPS) is 13.4. The van der Waals surface area contributed by atoms with Gasteiger partial charge in [-0.05, 0) is 58.7 Å². The van der Waals surface area contributed by atoms with E-state index in [0.717, 1.165) is 11.1 Å². The molecule has 0 spiro atoms. The van der Waals surface area contributed by atoms with Crippen molar-refractivity contribution in [2.75, 3.05) is 13.2 Å². The lowest BCUT2D eigenvalue weighted by atomic mass is 10.0.